The lowest BCUT2D eigenvalue weighted by Gasteiger charge is -2.68. The third kappa shape index (κ3) is 10.5. The molecule has 0 radical (unpaired) electrons. The second kappa shape index (κ2) is 22.7. The number of methoxy groups -OCH3 is 1. The van der Waals surface area contributed by atoms with Crippen molar-refractivity contribution in [2.24, 2.45) is 16.7 Å². The van der Waals surface area contributed by atoms with Crippen LogP contribution in [0.15, 0.2) is 164 Å². The lowest BCUT2D eigenvalue weighted by molar-refractivity contribution is -0.348. The number of ether oxygens (including phenoxy) is 9. The number of esters is 3. The molecule has 4 aliphatic heterocycles. The molecule has 4 fully saturated rings. The monoisotopic (exact) mass is 1230 g/mol. The summed E-state index contributed by atoms with van der Waals surface area (Å²) >= 11 is 5.88. The predicted molar refractivity (Wildman–Crippen MR) is 319 cm³/mol. The van der Waals surface area contributed by atoms with Crippen LogP contribution in [-0.2, 0) is 52.3 Å². The largest absolute Gasteiger partial charge is 0.497 e. The molecule has 16 nitrogen and oxygen atoms in total. The quantitative estimate of drug-likeness (QED) is 0.0704. The van der Waals surface area contributed by atoms with E-state index in [1.165, 1.54) is 58.9 Å². The van der Waals surface area contributed by atoms with Gasteiger partial charge in [-0.15, -0.1) is 0 Å². The number of fused-ring (bicyclic) bond motifs is 7. The van der Waals surface area contributed by atoms with Crippen molar-refractivity contribution in [1.29, 1.82) is 0 Å². The number of thioether (sulfide) groups is 4. The van der Waals surface area contributed by atoms with Crippen LogP contribution in [0.4, 0.5) is 4.79 Å². The maximum Gasteiger partial charge on any atom is 0.413 e. The fourth-order valence-electron chi connectivity index (χ4n) is 13.6. The highest BCUT2D eigenvalue weighted by Gasteiger charge is 2.79. The van der Waals surface area contributed by atoms with Gasteiger partial charge in [0.15, 0.2) is 33.3 Å². The normalized spacial score (nSPS) is 31.2. The number of hydrogen-bond donors (Lipinski definition) is 1. The SMILES string of the molecule is COc1ccc([C@H]2O[C@@H](C(=O)O[C@H]3C[C@@]4(O)[C@@H](OC(=O)c5ccccc5)[C@@H]5[C@]6(OC(C)=O)CO[C@@H]6C[C@H](OC6Sc7ccccc7S6)[C@@]5(C)C(=O)[C@H](OC5Sc6ccccc6S5)C(=C3C)C4(C)C)[C@H](c3ccccc3)N2C(=O)OC(C)(C)C)cc1. The van der Waals surface area contributed by atoms with Gasteiger partial charge in [0.1, 0.15) is 47.4 Å². The standard InChI is InChI=1S/C65H67NO15S4/c1-35-41(75-57(70)51-49(37-20-12-10-13-21-37)66(58(71)81-61(3,4)5)55(77-51)38-28-30-40(73-9)31-29-38)33-65(72)54(79-56(69)39-22-14-11-15-23-39)52-63(8,53(68)50(48(35)62(65,6)7)78-60-84-44-26-18-19-27-45(44)85-60)46(32-47-64(52,34-74-47)80-36(2)67)76-59-82-42-24-16-17-25-43(42)83-59/h10-31,41,46-47,49-52,54-55,59-60,72H,32-34H2,1-9H3/t41-,46-,47+,49-,50+,51+,52-,54-,55+,63+,64-,65+/m0/s1. The fourth-order valence-corrected chi connectivity index (χ4v) is 18.7. The highest BCUT2D eigenvalue weighted by Crippen LogP contribution is 2.66. The van der Waals surface area contributed by atoms with Gasteiger partial charge in [0, 0.05) is 50.3 Å². The lowest BCUT2D eigenvalue weighted by atomic mass is 9.44. The van der Waals surface area contributed by atoms with E-state index in [1.54, 1.807) is 134 Å². The molecular formula is C65H67NO15S4. The smallest absolute Gasteiger partial charge is 0.413 e. The summed E-state index contributed by atoms with van der Waals surface area (Å²) in [4.78, 5) is 82.0. The molecule has 446 valence electrons. The van der Waals surface area contributed by atoms with Gasteiger partial charge in [0.05, 0.1) is 36.7 Å². The Hall–Kier alpha value is -5.81. The Morgan fingerprint density at radius 1 is 0.729 bits per heavy atom. The lowest BCUT2D eigenvalue weighted by Crippen LogP contribution is -2.82. The number of carbonyl (C=O) groups is 5. The number of hydrogen-bond acceptors (Lipinski definition) is 19. The summed E-state index contributed by atoms with van der Waals surface area (Å²) in [6, 6.07) is 38.8. The minimum absolute atomic E-state index is 0.0757. The molecule has 5 aromatic carbocycles. The number of amides is 1. The average molecular weight is 1230 g/mol. The zero-order chi connectivity index (χ0) is 60.0. The fraction of sp³-hybridized carbons (Fsp3) is 0.431. The molecule has 1 amide bonds. The van der Waals surface area contributed by atoms with Crippen LogP contribution in [0.3, 0.4) is 0 Å². The second-order valence-electron chi connectivity index (χ2n) is 24.2. The van der Waals surface area contributed by atoms with E-state index >= 15 is 14.4 Å². The Balaban J connectivity index is 1.03. The van der Waals surface area contributed by atoms with Gasteiger partial charge in [0.2, 0.25) is 0 Å². The second-order valence-corrected chi connectivity index (χ2v) is 29.2. The van der Waals surface area contributed by atoms with E-state index in [-0.39, 0.29) is 18.6 Å². The molecular weight excluding hydrogens is 1160 g/mol. The van der Waals surface area contributed by atoms with E-state index in [2.05, 4.69) is 0 Å². The molecule has 1 N–H and O–H groups in total. The van der Waals surface area contributed by atoms with E-state index in [1.807, 2.05) is 54.6 Å². The molecule has 12 rings (SSSR count). The molecule has 2 bridgehead atoms. The van der Waals surface area contributed by atoms with E-state index < -0.39 is 128 Å². The third-order valence-electron chi connectivity index (χ3n) is 17.7. The topological polar surface area (TPSA) is 192 Å². The number of ketones is 1. The summed E-state index contributed by atoms with van der Waals surface area (Å²) in [6.45, 7) is 13.4. The molecule has 2 saturated carbocycles. The van der Waals surface area contributed by atoms with Crippen LogP contribution < -0.4 is 4.74 Å². The van der Waals surface area contributed by atoms with Gasteiger partial charge in [-0.2, -0.15) is 0 Å². The Labute approximate surface area is 511 Å². The molecule has 0 spiro atoms. The summed E-state index contributed by atoms with van der Waals surface area (Å²) in [5.74, 6) is -3.76. The van der Waals surface area contributed by atoms with Crippen molar-refractivity contribution in [3.8, 4) is 5.75 Å². The molecule has 85 heavy (non-hydrogen) atoms. The van der Waals surface area contributed by atoms with Crippen molar-refractivity contribution in [3.63, 3.8) is 0 Å². The minimum Gasteiger partial charge on any atom is -0.497 e. The first kappa shape index (κ1) is 59.5. The van der Waals surface area contributed by atoms with Crippen molar-refractivity contribution in [3.05, 3.63) is 161 Å². The Bertz CT molecular complexity index is 3400. The first-order valence-electron chi connectivity index (χ1n) is 28.3. The van der Waals surface area contributed by atoms with Crippen LogP contribution in [0.1, 0.15) is 102 Å². The Morgan fingerprint density at radius 2 is 1.29 bits per heavy atom. The third-order valence-corrected chi connectivity index (χ3v) is 22.8. The minimum atomic E-state index is -2.31. The van der Waals surface area contributed by atoms with Crippen molar-refractivity contribution >= 4 is 76.8 Å². The Kier molecular flexibility index (Phi) is 15.9. The van der Waals surface area contributed by atoms with E-state index in [0.29, 0.717) is 28.0 Å². The van der Waals surface area contributed by atoms with E-state index in [4.69, 9.17) is 42.6 Å². The van der Waals surface area contributed by atoms with Crippen LogP contribution >= 0.6 is 47.0 Å². The molecule has 20 heteroatoms. The zero-order valence-electron chi connectivity index (χ0n) is 48.4. The van der Waals surface area contributed by atoms with Crippen LogP contribution in [0.2, 0.25) is 0 Å². The number of carbonyl (C=O) groups excluding carboxylic acids is 5. The molecule has 0 aromatic heterocycles. The van der Waals surface area contributed by atoms with Gasteiger partial charge in [-0.3, -0.25) is 14.5 Å². The van der Waals surface area contributed by atoms with Crippen LogP contribution in [0.5, 0.6) is 5.75 Å². The molecule has 0 unspecified atom stereocenters. The Morgan fingerprint density at radius 3 is 1.84 bits per heavy atom. The number of benzene rings is 5. The van der Waals surface area contributed by atoms with Crippen LogP contribution in [-0.4, -0.2) is 116 Å². The maximum absolute atomic E-state index is 17.2. The predicted octanol–water partition coefficient (Wildman–Crippen LogP) is 12.1. The van der Waals surface area contributed by atoms with Crippen molar-refractivity contribution in [2.45, 2.75) is 163 Å². The zero-order valence-corrected chi connectivity index (χ0v) is 51.7. The molecule has 4 heterocycles. The van der Waals surface area contributed by atoms with Gasteiger partial charge in [-0.05, 0) is 99.9 Å². The number of nitrogens with zero attached hydrogens (tertiary/aromatic N) is 1. The van der Waals surface area contributed by atoms with Crippen LogP contribution in [0, 0.1) is 16.7 Å². The van der Waals surface area contributed by atoms with E-state index in [9.17, 15) is 14.7 Å². The summed E-state index contributed by atoms with van der Waals surface area (Å²) in [7, 11) is 1.54. The van der Waals surface area contributed by atoms with E-state index in [0.717, 1.165) is 19.6 Å². The van der Waals surface area contributed by atoms with Crippen molar-refractivity contribution < 1.29 is 71.7 Å². The first-order chi connectivity index (χ1) is 40.5. The molecule has 5 aromatic rings. The highest BCUT2D eigenvalue weighted by atomic mass is 32.2. The summed E-state index contributed by atoms with van der Waals surface area (Å²) in [5, 5.41) is 14.7. The molecule has 3 aliphatic carbocycles. The highest BCUT2D eigenvalue weighted by molar-refractivity contribution is 8.19. The number of rotatable bonds is 12. The number of aliphatic hydroxyl groups is 1. The van der Waals surface area contributed by atoms with Crippen molar-refractivity contribution in [2.75, 3.05) is 13.7 Å². The summed E-state index contributed by atoms with van der Waals surface area (Å²) < 4.78 is 58.4. The van der Waals surface area contributed by atoms with Gasteiger partial charge >= 0.3 is 24.0 Å². The molecule has 7 aliphatic rings. The summed E-state index contributed by atoms with van der Waals surface area (Å²) in [6.07, 6.45) is -10.3. The van der Waals surface area contributed by atoms with Gasteiger partial charge in [0.25, 0.3) is 0 Å². The van der Waals surface area contributed by atoms with Gasteiger partial charge in [-0.1, -0.05) is 146 Å². The van der Waals surface area contributed by atoms with Crippen LogP contribution in [0.25, 0.3) is 0 Å². The molecule has 2 saturated heterocycles. The van der Waals surface area contributed by atoms with Gasteiger partial charge in [-0.25, -0.2) is 14.4 Å². The first-order valence-corrected chi connectivity index (χ1v) is 31.8. The summed E-state index contributed by atoms with van der Waals surface area (Å²) in [5.41, 5.74) is -6.45. The maximum atomic E-state index is 17.2. The van der Waals surface area contributed by atoms with Gasteiger partial charge < -0.3 is 47.7 Å². The van der Waals surface area contributed by atoms with Crippen molar-refractivity contribution in [1.82, 2.24) is 4.90 Å². The average Bonchev–Trinajstić information content (AvgIpc) is 1.17. The molecule has 12 atom stereocenters. The number of Topliss-reactive ketones (excluding diaryl/α,β-unsaturated/α-hetero) is 1.